The van der Waals surface area contributed by atoms with Crippen LogP contribution in [0.1, 0.15) is 0 Å². The van der Waals surface area contributed by atoms with Gasteiger partial charge in [0.15, 0.2) is 6.17 Å². The number of rotatable bonds is 3. The molecule has 0 saturated heterocycles. The maximum atomic E-state index is 10.4. The van der Waals surface area contributed by atoms with Crippen molar-refractivity contribution in [2.24, 2.45) is 5.73 Å². The molecule has 0 spiro atoms. The van der Waals surface area contributed by atoms with Crippen LogP contribution in [0.5, 0.6) is 0 Å². The number of amides is 1. The summed E-state index contributed by atoms with van der Waals surface area (Å²) >= 11 is 0. The molecule has 0 fully saturated rings. The van der Waals surface area contributed by atoms with Gasteiger partial charge in [0.1, 0.15) is 0 Å². The second-order valence-electron chi connectivity index (χ2n) is 2.82. The summed E-state index contributed by atoms with van der Waals surface area (Å²) in [6, 6.07) is 0. The molecule has 8 nitrogen and oxygen atoms in total. The van der Waals surface area contributed by atoms with E-state index in [4.69, 9.17) is 15.9 Å². The third-order valence-electron chi connectivity index (χ3n) is 1.47. The van der Waals surface area contributed by atoms with E-state index in [1.54, 1.807) is 6.20 Å². The van der Waals surface area contributed by atoms with Crippen molar-refractivity contribution in [2.45, 2.75) is 6.17 Å². The molecule has 0 aromatic carbocycles. The summed E-state index contributed by atoms with van der Waals surface area (Å²) < 4.78 is 0. The van der Waals surface area contributed by atoms with Crippen LogP contribution in [0, 0.1) is 0 Å². The molecule has 1 atom stereocenters. The van der Waals surface area contributed by atoms with Crippen LogP contribution in [0.15, 0.2) is 24.4 Å². The van der Waals surface area contributed by atoms with Gasteiger partial charge >= 0.3 is 11.9 Å². The lowest BCUT2D eigenvalue weighted by atomic mass is 10.4. The summed E-state index contributed by atoms with van der Waals surface area (Å²) in [6.07, 6.45) is 4.31. The number of aliphatic carboxylic acids is 2. The monoisotopic (exact) mass is 243 g/mol. The predicted octanol–water partition coefficient (Wildman–Crippen LogP) is -1.78. The van der Waals surface area contributed by atoms with Gasteiger partial charge in [-0.2, -0.15) is 0 Å². The molecule has 17 heavy (non-hydrogen) atoms. The van der Waals surface area contributed by atoms with Crippen molar-refractivity contribution in [2.75, 3.05) is 6.54 Å². The Labute approximate surface area is 96.8 Å². The number of hydrogen-bond acceptors (Lipinski definition) is 5. The quantitative estimate of drug-likeness (QED) is 0.369. The smallest absolute Gasteiger partial charge is 0.328 e. The first kappa shape index (κ1) is 14.6. The minimum absolute atomic E-state index is 0.376. The van der Waals surface area contributed by atoms with E-state index in [0.29, 0.717) is 18.7 Å². The fourth-order valence-electron chi connectivity index (χ4n) is 0.793. The van der Waals surface area contributed by atoms with Crippen LogP contribution in [-0.4, -0.2) is 40.8 Å². The third kappa shape index (κ3) is 8.63. The number of nitrogens with one attached hydrogen (secondary N) is 2. The van der Waals surface area contributed by atoms with E-state index >= 15 is 0 Å². The van der Waals surface area contributed by atoms with Crippen molar-refractivity contribution in [1.82, 2.24) is 10.6 Å². The van der Waals surface area contributed by atoms with Gasteiger partial charge in [-0.05, 0) is 6.20 Å². The number of carboxylic acids is 2. The van der Waals surface area contributed by atoms with E-state index in [0.717, 1.165) is 0 Å². The molecule has 8 heteroatoms. The molecule has 0 aromatic rings. The molecule has 0 bridgehead atoms. The Morgan fingerprint density at radius 3 is 2.00 bits per heavy atom. The molecule has 1 heterocycles. The first-order valence-corrected chi connectivity index (χ1v) is 4.51. The highest BCUT2D eigenvalue weighted by Gasteiger charge is 2.12. The van der Waals surface area contributed by atoms with Gasteiger partial charge in [0.2, 0.25) is 0 Å². The molecule has 6 N–H and O–H groups in total. The molecular formula is C9H13N3O5. The van der Waals surface area contributed by atoms with Crippen LogP contribution in [-0.2, 0) is 14.4 Å². The molecule has 1 aliphatic rings. The molecule has 1 rings (SSSR count). The van der Waals surface area contributed by atoms with E-state index in [1.807, 2.05) is 6.08 Å². The lowest BCUT2D eigenvalue weighted by Gasteiger charge is -2.17. The fourth-order valence-corrected chi connectivity index (χ4v) is 0.793. The summed E-state index contributed by atoms with van der Waals surface area (Å²) in [7, 11) is 0. The zero-order valence-electron chi connectivity index (χ0n) is 8.79. The number of nitrogens with two attached hydrogens (primary N) is 1. The summed E-state index contributed by atoms with van der Waals surface area (Å²) in [5, 5.41) is 21.2. The van der Waals surface area contributed by atoms with Crippen LogP contribution in [0.25, 0.3) is 0 Å². The van der Waals surface area contributed by atoms with Gasteiger partial charge in [-0.15, -0.1) is 0 Å². The zero-order chi connectivity index (χ0) is 13.3. The highest BCUT2D eigenvalue weighted by molar-refractivity contribution is 5.89. The first-order valence-electron chi connectivity index (χ1n) is 4.51. The summed E-state index contributed by atoms with van der Waals surface area (Å²) in [5.74, 6) is -2.89. The highest BCUT2D eigenvalue weighted by atomic mass is 16.4. The third-order valence-corrected chi connectivity index (χ3v) is 1.47. The Morgan fingerprint density at radius 2 is 1.76 bits per heavy atom. The molecule has 0 radical (unpaired) electrons. The Kier molecular flexibility index (Phi) is 6.79. The van der Waals surface area contributed by atoms with Crippen molar-refractivity contribution >= 4 is 17.8 Å². The Bertz CT molecular complexity index is 335. The number of primary amides is 1. The Morgan fingerprint density at radius 1 is 1.24 bits per heavy atom. The number of carboxylic acid groups (broad SMARTS) is 2. The summed E-state index contributed by atoms with van der Waals surface area (Å²) in [4.78, 5) is 29.5. The van der Waals surface area contributed by atoms with Gasteiger partial charge in [-0.25, -0.2) is 9.59 Å². The molecule has 1 unspecified atom stereocenters. The number of carbonyl (C=O) groups is 3. The summed E-state index contributed by atoms with van der Waals surface area (Å²) in [5.41, 5.74) is 4.97. The summed E-state index contributed by atoms with van der Waals surface area (Å²) in [6.45, 7) is 0.695. The predicted molar refractivity (Wildman–Crippen MR) is 57.7 cm³/mol. The molecule has 0 aliphatic carbocycles. The van der Waals surface area contributed by atoms with Crippen LogP contribution < -0.4 is 16.4 Å². The average molecular weight is 243 g/mol. The standard InChI is InChI=1S/C5H9N3O.C4H4O4/c6-4(9)5-7-2-1-3-8-5;5-3(6)1-2-4(7)8/h1-2,5,7-8H,3H2,(H2,6,9);1-2H,(H,5,6)(H,7,8)/b;2-1-. The van der Waals surface area contributed by atoms with Gasteiger partial charge in [-0.1, -0.05) is 6.08 Å². The average Bonchev–Trinajstić information content (AvgIpc) is 2.28. The highest BCUT2D eigenvalue weighted by Crippen LogP contribution is 1.82. The lowest BCUT2D eigenvalue weighted by Crippen LogP contribution is -2.51. The SMILES string of the molecule is NC(=O)C1NC=CCN1.O=C(O)/C=C\C(=O)O. The minimum atomic E-state index is -1.26. The van der Waals surface area contributed by atoms with Crippen molar-refractivity contribution in [3.8, 4) is 0 Å². The van der Waals surface area contributed by atoms with E-state index < -0.39 is 18.1 Å². The van der Waals surface area contributed by atoms with E-state index in [1.165, 1.54) is 0 Å². The van der Waals surface area contributed by atoms with Crippen LogP contribution in [0.2, 0.25) is 0 Å². The second kappa shape index (κ2) is 7.88. The first-order chi connectivity index (χ1) is 7.93. The van der Waals surface area contributed by atoms with Gasteiger partial charge in [0, 0.05) is 18.7 Å². The van der Waals surface area contributed by atoms with Crippen molar-refractivity contribution in [3.63, 3.8) is 0 Å². The maximum absolute atomic E-state index is 10.4. The molecular weight excluding hydrogens is 230 g/mol. The number of carbonyl (C=O) groups excluding carboxylic acids is 1. The van der Waals surface area contributed by atoms with E-state index in [9.17, 15) is 14.4 Å². The molecule has 1 amide bonds. The van der Waals surface area contributed by atoms with Crippen molar-refractivity contribution in [3.05, 3.63) is 24.4 Å². The largest absolute Gasteiger partial charge is 0.478 e. The van der Waals surface area contributed by atoms with Crippen molar-refractivity contribution in [1.29, 1.82) is 0 Å². The van der Waals surface area contributed by atoms with Crippen LogP contribution >= 0.6 is 0 Å². The molecule has 0 saturated carbocycles. The van der Waals surface area contributed by atoms with Gasteiger partial charge in [0.25, 0.3) is 5.91 Å². The minimum Gasteiger partial charge on any atom is -0.478 e. The van der Waals surface area contributed by atoms with Crippen LogP contribution in [0.3, 0.4) is 0 Å². The molecule has 94 valence electrons. The Balaban J connectivity index is 0.000000304. The van der Waals surface area contributed by atoms with Gasteiger partial charge in [0.05, 0.1) is 0 Å². The van der Waals surface area contributed by atoms with Gasteiger partial charge in [-0.3, -0.25) is 10.1 Å². The lowest BCUT2D eigenvalue weighted by molar-refractivity contribution is -0.134. The van der Waals surface area contributed by atoms with E-state index in [-0.39, 0.29) is 5.91 Å². The maximum Gasteiger partial charge on any atom is 0.328 e. The normalized spacial score (nSPS) is 17.8. The number of hydrogen-bond donors (Lipinski definition) is 5. The van der Waals surface area contributed by atoms with Crippen molar-refractivity contribution < 1.29 is 24.6 Å². The Hall–Kier alpha value is -2.35. The second-order valence-corrected chi connectivity index (χ2v) is 2.82. The zero-order valence-corrected chi connectivity index (χ0v) is 8.79. The van der Waals surface area contributed by atoms with Crippen LogP contribution in [0.4, 0.5) is 0 Å². The molecule has 1 aliphatic heterocycles. The topological polar surface area (TPSA) is 142 Å². The van der Waals surface area contributed by atoms with Gasteiger partial charge < -0.3 is 21.3 Å². The fraction of sp³-hybridized carbons (Fsp3) is 0.222. The molecule has 0 aromatic heterocycles. The van der Waals surface area contributed by atoms with E-state index in [2.05, 4.69) is 10.6 Å².